The van der Waals surface area contributed by atoms with Gasteiger partial charge in [-0.25, -0.2) is 0 Å². The summed E-state index contributed by atoms with van der Waals surface area (Å²) in [6.45, 7) is 0. The van der Waals surface area contributed by atoms with Gasteiger partial charge in [0.1, 0.15) is 5.69 Å². The van der Waals surface area contributed by atoms with Crippen molar-refractivity contribution >= 4 is 22.3 Å². The smallest absolute Gasteiger partial charge is 0.185 e. The number of allylic oxidation sites excluding steroid dienone is 2. The van der Waals surface area contributed by atoms with Gasteiger partial charge >= 0.3 is 0 Å². The molecule has 0 atom stereocenters. The van der Waals surface area contributed by atoms with Gasteiger partial charge in [0.25, 0.3) is 0 Å². The van der Waals surface area contributed by atoms with E-state index in [1.54, 1.807) is 24.0 Å². The molecule has 0 amide bonds. The van der Waals surface area contributed by atoms with Crippen LogP contribution in [0.5, 0.6) is 0 Å². The van der Waals surface area contributed by atoms with Gasteiger partial charge in [-0.15, -0.1) is 0 Å². The number of fused-ring (bicyclic) bond motifs is 1. The summed E-state index contributed by atoms with van der Waals surface area (Å²) in [6, 6.07) is 10.1. The first kappa shape index (κ1) is 15.8. The minimum absolute atomic E-state index is 0.0725. The Kier molecular flexibility index (Phi) is 4.18. The van der Waals surface area contributed by atoms with Gasteiger partial charge < -0.3 is 0 Å². The van der Waals surface area contributed by atoms with E-state index in [9.17, 15) is 4.79 Å². The summed E-state index contributed by atoms with van der Waals surface area (Å²) in [5.41, 5.74) is 5.20. The monoisotopic (exact) mass is 331 g/mol. The fourth-order valence-corrected chi connectivity index (χ4v) is 3.48. The first-order chi connectivity index (χ1) is 12.2. The lowest BCUT2D eigenvalue weighted by Gasteiger charge is -2.13. The van der Waals surface area contributed by atoms with Crippen molar-refractivity contribution in [1.82, 2.24) is 14.8 Å². The third-order valence-electron chi connectivity index (χ3n) is 4.88. The van der Waals surface area contributed by atoms with Gasteiger partial charge in [0.15, 0.2) is 5.78 Å². The molecule has 0 saturated heterocycles. The van der Waals surface area contributed by atoms with Gasteiger partial charge in [0.2, 0.25) is 0 Å². The van der Waals surface area contributed by atoms with E-state index in [4.69, 9.17) is 0 Å². The van der Waals surface area contributed by atoms with Crippen molar-refractivity contribution in [3.8, 4) is 0 Å². The topological polar surface area (TPSA) is 47.8 Å². The molecule has 4 heteroatoms. The summed E-state index contributed by atoms with van der Waals surface area (Å²) < 4.78 is 1.62. The lowest BCUT2D eigenvalue weighted by Crippen LogP contribution is -2.09. The Morgan fingerprint density at radius 2 is 2.12 bits per heavy atom. The van der Waals surface area contributed by atoms with E-state index in [0.29, 0.717) is 12.1 Å². The van der Waals surface area contributed by atoms with Crippen LogP contribution in [0.1, 0.15) is 47.3 Å². The van der Waals surface area contributed by atoms with Crippen LogP contribution in [0.4, 0.5) is 0 Å². The van der Waals surface area contributed by atoms with E-state index in [1.807, 2.05) is 18.3 Å². The second-order valence-corrected chi connectivity index (χ2v) is 6.67. The molecule has 2 heterocycles. The highest BCUT2D eigenvalue weighted by molar-refractivity contribution is 5.96. The quantitative estimate of drug-likeness (QED) is 0.668. The number of Topliss-reactive ketones (excluding diaryl/α,β-unsaturated/α-hetero) is 1. The molecule has 1 aromatic carbocycles. The number of carbonyl (C=O) groups is 1. The summed E-state index contributed by atoms with van der Waals surface area (Å²) in [7, 11) is 1.79. The van der Waals surface area contributed by atoms with Gasteiger partial charge in [-0.3, -0.25) is 14.5 Å². The predicted octanol–water partition coefficient (Wildman–Crippen LogP) is 4.35. The Hall–Kier alpha value is -2.75. The zero-order valence-electron chi connectivity index (χ0n) is 14.4. The number of aromatic nitrogens is 3. The highest BCUT2D eigenvalue weighted by atomic mass is 16.1. The van der Waals surface area contributed by atoms with Crippen molar-refractivity contribution in [3.05, 3.63) is 65.6 Å². The van der Waals surface area contributed by atoms with E-state index in [1.165, 1.54) is 30.4 Å². The van der Waals surface area contributed by atoms with Gasteiger partial charge in [-0.1, -0.05) is 18.2 Å². The van der Waals surface area contributed by atoms with Crippen molar-refractivity contribution in [3.63, 3.8) is 0 Å². The van der Waals surface area contributed by atoms with Crippen molar-refractivity contribution < 1.29 is 4.79 Å². The highest BCUT2D eigenvalue weighted by Gasteiger charge is 2.12. The number of carbonyl (C=O) groups excluding carboxylic acids is 1. The molecule has 1 aliphatic carbocycles. The minimum Gasteiger partial charge on any atom is -0.292 e. The number of aryl methyl sites for hydroxylation is 1. The predicted molar refractivity (Wildman–Crippen MR) is 99.4 cm³/mol. The molecule has 3 aromatic rings. The molecular weight excluding hydrogens is 310 g/mol. The van der Waals surface area contributed by atoms with E-state index < -0.39 is 0 Å². The maximum Gasteiger partial charge on any atom is 0.185 e. The summed E-state index contributed by atoms with van der Waals surface area (Å²) >= 11 is 0. The maximum atomic E-state index is 12.4. The summed E-state index contributed by atoms with van der Waals surface area (Å²) in [6.07, 6.45) is 11.2. The average Bonchev–Trinajstić information content (AvgIpc) is 3.08. The van der Waals surface area contributed by atoms with Crippen molar-refractivity contribution in [1.29, 1.82) is 0 Å². The number of pyridine rings is 1. The first-order valence-corrected chi connectivity index (χ1v) is 8.80. The lowest BCUT2D eigenvalue weighted by atomic mass is 9.94. The molecule has 4 rings (SSSR count). The molecule has 0 fully saturated rings. The molecule has 126 valence electrons. The molecule has 2 aromatic heterocycles. The van der Waals surface area contributed by atoms with E-state index in [-0.39, 0.29) is 5.78 Å². The molecule has 0 unspecified atom stereocenters. The van der Waals surface area contributed by atoms with Crippen LogP contribution in [0.3, 0.4) is 0 Å². The van der Waals surface area contributed by atoms with E-state index in [2.05, 4.69) is 28.3 Å². The molecule has 0 aliphatic heterocycles. The summed E-state index contributed by atoms with van der Waals surface area (Å²) in [5, 5.41) is 5.19. The van der Waals surface area contributed by atoms with Crippen molar-refractivity contribution in [2.45, 2.75) is 32.1 Å². The van der Waals surface area contributed by atoms with Gasteiger partial charge in [0.05, 0.1) is 5.52 Å². The van der Waals surface area contributed by atoms with Crippen LogP contribution in [-0.4, -0.2) is 20.5 Å². The number of hydrogen-bond donors (Lipinski definition) is 0. The second-order valence-electron chi connectivity index (χ2n) is 6.67. The van der Waals surface area contributed by atoms with Crippen LogP contribution in [0, 0.1) is 0 Å². The summed E-state index contributed by atoms with van der Waals surface area (Å²) in [4.78, 5) is 17.0. The molecule has 4 nitrogen and oxygen atoms in total. The van der Waals surface area contributed by atoms with Crippen molar-refractivity contribution in [2.24, 2.45) is 7.05 Å². The van der Waals surface area contributed by atoms with Crippen molar-refractivity contribution in [2.75, 3.05) is 0 Å². The van der Waals surface area contributed by atoms with E-state index in [0.717, 1.165) is 22.9 Å². The first-order valence-electron chi connectivity index (χ1n) is 8.80. The SMILES string of the molecule is Cn1nccc1C(=O)Cc1ccc2cc(C3=CCCCC3)cnc2c1. The molecule has 0 N–H and O–H groups in total. The normalized spacial score (nSPS) is 14.5. The van der Waals surface area contributed by atoms with Crippen LogP contribution in [0.25, 0.3) is 16.5 Å². The molecule has 25 heavy (non-hydrogen) atoms. The molecule has 1 aliphatic rings. The zero-order valence-corrected chi connectivity index (χ0v) is 14.4. The lowest BCUT2D eigenvalue weighted by molar-refractivity contribution is 0.0984. The number of hydrogen-bond acceptors (Lipinski definition) is 3. The van der Waals surface area contributed by atoms with Gasteiger partial charge in [-0.05, 0) is 60.6 Å². The Balaban J connectivity index is 1.59. The van der Waals surface area contributed by atoms with Crippen LogP contribution < -0.4 is 0 Å². The van der Waals surface area contributed by atoms with E-state index >= 15 is 0 Å². The molecule has 0 spiro atoms. The van der Waals surface area contributed by atoms with Gasteiger partial charge in [0, 0.05) is 31.2 Å². The third kappa shape index (κ3) is 3.25. The number of benzene rings is 1. The largest absolute Gasteiger partial charge is 0.292 e. The Morgan fingerprint density at radius 3 is 2.88 bits per heavy atom. The van der Waals surface area contributed by atoms with Gasteiger partial charge in [-0.2, -0.15) is 5.10 Å². The number of ketones is 1. The van der Waals surface area contributed by atoms with Crippen LogP contribution in [-0.2, 0) is 13.5 Å². The Bertz CT molecular complexity index is 968. The Morgan fingerprint density at radius 1 is 1.20 bits per heavy atom. The third-order valence-corrected chi connectivity index (χ3v) is 4.88. The summed E-state index contributed by atoms with van der Waals surface area (Å²) in [5.74, 6) is 0.0725. The van der Waals surface area contributed by atoms with Crippen LogP contribution >= 0.6 is 0 Å². The zero-order chi connectivity index (χ0) is 17.2. The number of rotatable bonds is 4. The molecule has 0 bridgehead atoms. The average molecular weight is 331 g/mol. The second kappa shape index (κ2) is 6.63. The number of nitrogens with zero attached hydrogens (tertiary/aromatic N) is 3. The minimum atomic E-state index is 0.0725. The fraction of sp³-hybridized carbons (Fsp3) is 0.286. The highest BCUT2D eigenvalue weighted by Crippen LogP contribution is 2.28. The maximum absolute atomic E-state index is 12.4. The Labute approximate surface area is 147 Å². The molecule has 0 radical (unpaired) electrons. The standard InChI is InChI=1S/C21H21N3O/c1-24-20(9-10-23-24)21(25)12-15-7-8-17-13-18(14-22-19(17)11-15)16-5-3-2-4-6-16/h5,7-11,13-14H,2-4,6,12H2,1H3. The fourth-order valence-electron chi connectivity index (χ4n) is 3.48. The van der Waals surface area contributed by atoms with Crippen LogP contribution in [0.2, 0.25) is 0 Å². The van der Waals surface area contributed by atoms with Crippen LogP contribution in [0.15, 0.2) is 48.8 Å². The molecular formula is C21H21N3O. The molecule has 0 saturated carbocycles.